The number of anilines is 1. The van der Waals surface area contributed by atoms with Crippen LogP contribution in [-0.2, 0) is 9.59 Å². The second-order valence-corrected chi connectivity index (χ2v) is 7.03. The minimum Gasteiger partial charge on any atom is -0.355 e. The van der Waals surface area contributed by atoms with Gasteiger partial charge in [-0.2, -0.15) is 0 Å². The fraction of sp³-hybridized carbons (Fsp3) is 0.611. The molecule has 2 saturated carbocycles. The smallest absolute Gasteiger partial charge is 0.226 e. The Balaban J connectivity index is 0.00000169. The van der Waals surface area contributed by atoms with E-state index in [0.29, 0.717) is 24.1 Å². The highest BCUT2D eigenvalue weighted by molar-refractivity contribution is 5.91. The van der Waals surface area contributed by atoms with Crippen molar-refractivity contribution in [2.24, 2.45) is 23.5 Å². The molecular formula is C18H28Cl2N4O2. The van der Waals surface area contributed by atoms with Crippen molar-refractivity contribution >= 4 is 42.3 Å². The van der Waals surface area contributed by atoms with Gasteiger partial charge < -0.3 is 16.4 Å². The van der Waals surface area contributed by atoms with Crippen LogP contribution in [0.5, 0.6) is 0 Å². The summed E-state index contributed by atoms with van der Waals surface area (Å²) in [6, 6.07) is 3.82. The van der Waals surface area contributed by atoms with Crippen LogP contribution in [-0.4, -0.2) is 29.4 Å². The largest absolute Gasteiger partial charge is 0.355 e. The minimum atomic E-state index is -0.120. The summed E-state index contributed by atoms with van der Waals surface area (Å²) < 4.78 is 0. The van der Waals surface area contributed by atoms with Crippen molar-refractivity contribution in [3.05, 3.63) is 24.5 Å². The van der Waals surface area contributed by atoms with Gasteiger partial charge in [-0.05, 0) is 49.7 Å². The average Bonchev–Trinajstić information content (AvgIpc) is 2.55. The molecule has 0 aromatic carbocycles. The lowest BCUT2D eigenvalue weighted by atomic mass is 9.65. The number of amides is 2. The summed E-state index contributed by atoms with van der Waals surface area (Å²) in [6.07, 6.45) is 8.84. The molecule has 6 nitrogen and oxygen atoms in total. The first-order chi connectivity index (χ1) is 11.6. The van der Waals surface area contributed by atoms with Gasteiger partial charge in [-0.1, -0.05) is 6.42 Å². The maximum Gasteiger partial charge on any atom is 0.226 e. The van der Waals surface area contributed by atoms with E-state index in [9.17, 15) is 9.59 Å². The van der Waals surface area contributed by atoms with Gasteiger partial charge in [0.2, 0.25) is 11.8 Å². The van der Waals surface area contributed by atoms with Crippen molar-refractivity contribution in [3.63, 3.8) is 0 Å². The minimum absolute atomic E-state index is 0. The van der Waals surface area contributed by atoms with Crippen molar-refractivity contribution in [2.75, 3.05) is 11.9 Å². The molecule has 1 heterocycles. The second kappa shape index (κ2) is 10.7. The van der Waals surface area contributed by atoms with Crippen LogP contribution in [0.2, 0.25) is 0 Å². The molecule has 1 aromatic heterocycles. The predicted octanol–water partition coefficient (Wildman–Crippen LogP) is 2.52. The average molecular weight is 403 g/mol. The molecular weight excluding hydrogens is 375 g/mol. The van der Waals surface area contributed by atoms with Gasteiger partial charge in [-0.3, -0.25) is 14.6 Å². The first kappa shape index (κ1) is 22.7. The van der Waals surface area contributed by atoms with Crippen LogP contribution >= 0.6 is 24.8 Å². The molecule has 2 aliphatic carbocycles. The Morgan fingerprint density at radius 2 is 1.88 bits per heavy atom. The molecule has 8 heteroatoms. The summed E-state index contributed by atoms with van der Waals surface area (Å²) in [5.41, 5.74) is 6.94. The van der Waals surface area contributed by atoms with Crippen LogP contribution in [0, 0.1) is 17.8 Å². The first-order valence-electron chi connectivity index (χ1n) is 8.86. The normalized spacial score (nSPS) is 26.7. The van der Waals surface area contributed by atoms with Crippen LogP contribution in [0.4, 0.5) is 5.69 Å². The highest BCUT2D eigenvalue weighted by Crippen LogP contribution is 2.41. The Hall–Kier alpha value is -1.37. The van der Waals surface area contributed by atoms with E-state index in [-0.39, 0.29) is 55.0 Å². The molecule has 2 bridgehead atoms. The maximum absolute atomic E-state index is 12.4. The van der Waals surface area contributed by atoms with Gasteiger partial charge in [0.05, 0.1) is 11.9 Å². The van der Waals surface area contributed by atoms with E-state index in [1.807, 2.05) is 0 Å². The van der Waals surface area contributed by atoms with Gasteiger partial charge in [0, 0.05) is 31.1 Å². The summed E-state index contributed by atoms with van der Waals surface area (Å²) in [5, 5.41) is 5.68. The van der Waals surface area contributed by atoms with E-state index < -0.39 is 0 Å². The Bertz CT molecular complexity index is 574. The Morgan fingerprint density at radius 3 is 2.50 bits per heavy atom. The third-order valence-corrected chi connectivity index (χ3v) is 5.38. The van der Waals surface area contributed by atoms with Gasteiger partial charge >= 0.3 is 0 Å². The molecule has 0 radical (unpaired) electrons. The van der Waals surface area contributed by atoms with E-state index in [1.165, 1.54) is 6.42 Å². The maximum atomic E-state index is 12.4. The fourth-order valence-corrected chi connectivity index (χ4v) is 4.11. The zero-order valence-corrected chi connectivity index (χ0v) is 16.4. The third kappa shape index (κ3) is 5.83. The van der Waals surface area contributed by atoms with E-state index in [1.54, 1.807) is 24.5 Å². The summed E-state index contributed by atoms with van der Waals surface area (Å²) in [5.74, 6) is 0.990. The Morgan fingerprint density at radius 1 is 1.19 bits per heavy atom. The molecule has 146 valence electrons. The quantitative estimate of drug-likeness (QED) is 0.704. The highest BCUT2D eigenvalue weighted by atomic mass is 35.5. The molecule has 1 aromatic rings. The third-order valence-electron chi connectivity index (χ3n) is 5.38. The highest BCUT2D eigenvalue weighted by Gasteiger charge is 2.40. The number of rotatable bonds is 5. The lowest BCUT2D eigenvalue weighted by Gasteiger charge is -2.43. The van der Waals surface area contributed by atoms with Crippen LogP contribution < -0.4 is 16.4 Å². The molecule has 2 aliphatic rings. The van der Waals surface area contributed by atoms with Gasteiger partial charge in [0.1, 0.15) is 0 Å². The summed E-state index contributed by atoms with van der Waals surface area (Å²) >= 11 is 0. The van der Waals surface area contributed by atoms with E-state index in [0.717, 1.165) is 25.7 Å². The first-order valence-corrected chi connectivity index (χ1v) is 8.86. The van der Waals surface area contributed by atoms with E-state index >= 15 is 0 Å². The number of nitrogens with one attached hydrogen (secondary N) is 2. The Kier molecular flexibility index (Phi) is 9.33. The number of halogens is 2. The molecule has 0 spiro atoms. The van der Waals surface area contributed by atoms with Crippen molar-refractivity contribution in [1.29, 1.82) is 0 Å². The second-order valence-electron chi connectivity index (χ2n) is 7.03. The monoisotopic (exact) mass is 402 g/mol. The number of nitrogens with zero attached hydrogens (tertiary/aromatic N) is 1. The van der Waals surface area contributed by atoms with Crippen molar-refractivity contribution in [2.45, 2.75) is 44.6 Å². The Labute approximate surface area is 166 Å². The molecule has 0 aliphatic heterocycles. The molecule has 2 amide bonds. The van der Waals surface area contributed by atoms with Gasteiger partial charge in [-0.15, -0.1) is 24.8 Å². The number of nitrogens with two attached hydrogens (primary N) is 1. The lowest BCUT2D eigenvalue weighted by Crippen LogP contribution is -2.49. The van der Waals surface area contributed by atoms with Gasteiger partial charge in [-0.25, -0.2) is 0 Å². The number of hydrogen-bond acceptors (Lipinski definition) is 4. The van der Waals surface area contributed by atoms with Gasteiger partial charge in [0.15, 0.2) is 0 Å². The molecule has 26 heavy (non-hydrogen) atoms. The topological polar surface area (TPSA) is 97.1 Å². The van der Waals surface area contributed by atoms with Crippen molar-refractivity contribution in [1.82, 2.24) is 10.3 Å². The van der Waals surface area contributed by atoms with Crippen LogP contribution in [0.25, 0.3) is 0 Å². The van der Waals surface area contributed by atoms with E-state index in [4.69, 9.17) is 5.73 Å². The van der Waals surface area contributed by atoms with Gasteiger partial charge in [0.25, 0.3) is 0 Å². The number of carbonyl (C=O) groups is 2. The number of pyridine rings is 1. The number of hydrogen-bond donors (Lipinski definition) is 3. The summed E-state index contributed by atoms with van der Waals surface area (Å²) in [7, 11) is 0. The molecule has 4 N–H and O–H groups in total. The van der Waals surface area contributed by atoms with E-state index in [2.05, 4.69) is 15.6 Å². The molecule has 2 atom stereocenters. The zero-order chi connectivity index (χ0) is 16.9. The molecule has 3 rings (SSSR count). The zero-order valence-electron chi connectivity index (χ0n) is 14.7. The SMILES string of the molecule is Cl.Cl.NC1C2CCCC1CC(C(=O)NCCC(=O)Nc1cccnc1)C2. The number of fused-ring (bicyclic) bond motifs is 2. The van der Waals surface area contributed by atoms with Crippen LogP contribution in [0.1, 0.15) is 38.5 Å². The fourth-order valence-electron chi connectivity index (χ4n) is 4.11. The van der Waals surface area contributed by atoms with Crippen molar-refractivity contribution < 1.29 is 9.59 Å². The molecule has 2 fully saturated rings. The molecule has 0 saturated heterocycles. The number of aromatic nitrogens is 1. The summed E-state index contributed by atoms with van der Waals surface area (Å²) in [4.78, 5) is 28.2. The predicted molar refractivity (Wildman–Crippen MR) is 107 cm³/mol. The van der Waals surface area contributed by atoms with Crippen LogP contribution in [0.15, 0.2) is 24.5 Å². The molecule has 2 unspecified atom stereocenters. The lowest BCUT2D eigenvalue weighted by molar-refractivity contribution is -0.128. The van der Waals surface area contributed by atoms with Crippen molar-refractivity contribution in [3.8, 4) is 0 Å². The standard InChI is InChI=1S/C18H26N4O2.2ClH/c19-17-12-3-1-4-13(17)10-14(9-12)18(24)21-8-6-16(23)22-15-5-2-7-20-11-15;;/h2,5,7,11-14,17H,1,3-4,6,8-10,19H2,(H,21,24)(H,22,23);2*1H. The van der Waals surface area contributed by atoms with Crippen LogP contribution in [0.3, 0.4) is 0 Å². The summed E-state index contributed by atoms with van der Waals surface area (Å²) in [6.45, 7) is 0.364. The number of carbonyl (C=O) groups excluding carboxylic acids is 2.